The van der Waals surface area contributed by atoms with E-state index in [2.05, 4.69) is 16.8 Å². The number of benzene rings is 1. The summed E-state index contributed by atoms with van der Waals surface area (Å²) in [5.74, 6) is -1.30. The second kappa shape index (κ2) is 8.15. The summed E-state index contributed by atoms with van der Waals surface area (Å²) >= 11 is 0.907. The Morgan fingerprint density at radius 1 is 1.32 bits per heavy atom. The Bertz CT molecular complexity index is 760. The van der Waals surface area contributed by atoms with Gasteiger partial charge in [0.2, 0.25) is 5.91 Å². The molecule has 1 aromatic heterocycles. The number of carbonyl (C=O) groups excluding carboxylic acids is 1. The molecule has 25 heavy (non-hydrogen) atoms. The first-order valence-electron chi connectivity index (χ1n) is 7.07. The minimum atomic E-state index is -4.47. The molecular formula is C15H14F4N4OS. The van der Waals surface area contributed by atoms with Crippen LogP contribution in [0, 0.1) is 5.82 Å². The van der Waals surface area contributed by atoms with Crippen LogP contribution in [0.15, 0.2) is 42.1 Å². The lowest BCUT2D eigenvalue weighted by Gasteiger charge is -2.09. The molecule has 0 radical (unpaired) electrons. The summed E-state index contributed by atoms with van der Waals surface area (Å²) in [4.78, 5) is 11.5. The number of hydrogen-bond acceptors (Lipinski definition) is 4. The van der Waals surface area contributed by atoms with Gasteiger partial charge in [0.25, 0.3) is 0 Å². The quantitative estimate of drug-likeness (QED) is 0.460. The van der Waals surface area contributed by atoms with Gasteiger partial charge in [0.1, 0.15) is 12.4 Å². The molecule has 0 fully saturated rings. The van der Waals surface area contributed by atoms with E-state index in [1.165, 1.54) is 22.8 Å². The van der Waals surface area contributed by atoms with E-state index in [1.54, 1.807) is 17.5 Å². The van der Waals surface area contributed by atoms with Gasteiger partial charge in [-0.25, -0.2) is 4.39 Å². The summed E-state index contributed by atoms with van der Waals surface area (Å²) in [7, 11) is 0. The number of nitrogens with zero attached hydrogens (tertiary/aromatic N) is 3. The van der Waals surface area contributed by atoms with Gasteiger partial charge < -0.3 is 5.32 Å². The third-order valence-corrected chi connectivity index (χ3v) is 3.93. The Morgan fingerprint density at radius 2 is 2.04 bits per heavy atom. The van der Waals surface area contributed by atoms with Crippen molar-refractivity contribution >= 4 is 17.7 Å². The normalized spacial score (nSPS) is 11.4. The van der Waals surface area contributed by atoms with Gasteiger partial charge in [-0.1, -0.05) is 30.0 Å². The van der Waals surface area contributed by atoms with Crippen LogP contribution >= 0.6 is 11.8 Å². The summed E-state index contributed by atoms with van der Waals surface area (Å²) in [6, 6.07) is 5.99. The van der Waals surface area contributed by atoms with Gasteiger partial charge >= 0.3 is 6.18 Å². The predicted octanol–water partition coefficient (Wildman–Crippen LogP) is 3.04. The molecule has 0 spiro atoms. The molecule has 10 heteroatoms. The van der Waals surface area contributed by atoms with Gasteiger partial charge in [0, 0.05) is 6.54 Å². The fourth-order valence-electron chi connectivity index (χ4n) is 1.91. The van der Waals surface area contributed by atoms with Crippen molar-refractivity contribution < 1.29 is 22.4 Å². The summed E-state index contributed by atoms with van der Waals surface area (Å²) < 4.78 is 51.7. The van der Waals surface area contributed by atoms with Gasteiger partial charge in [0.15, 0.2) is 11.0 Å². The van der Waals surface area contributed by atoms with Gasteiger partial charge in [-0.2, -0.15) is 13.2 Å². The third kappa shape index (κ3) is 5.31. The van der Waals surface area contributed by atoms with Crippen LogP contribution in [0.25, 0.3) is 11.4 Å². The average Bonchev–Trinajstić information content (AvgIpc) is 2.94. The molecule has 2 aromatic rings. The maximum Gasteiger partial charge on any atom is 0.405 e. The van der Waals surface area contributed by atoms with E-state index in [0.717, 1.165) is 11.8 Å². The number of aromatic nitrogens is 3. The molecule has 0 saturated heterocycles. The van der Waals surface area contributed by atoms with E-state index in [4.69, 9.17) is 0 Å². The zero-order chi connectivity index (χ0) is 18.4. The van der Waals surface area contributed by atoms with Crippen LogP contribution in [0.1, 0.15) is 0 Å². The van der Waals surface area contributed by atoms with E-state index in [9.17, 15) is 22.4 Å². The first-order chi connectivity index (χ1) is 11.8. The first-order valence-corrected chi connectivity index (χ1v) is 8.05. The van der Waals surface area contributed by atoms with Gasteiger partial charge in [-0.3, -0.25) is 9.36 Å². The Morgan fingerprint density at radius 3 is 2.68 bits per heavy atom. The molecule has 0 saturated carbocycles. The van der Waals surface area contributed by atoms with Crippen molar-refractivity contribution in [2.45, 2.75) is 17.9 Å². The third-order valence-electron chi connectivity index (χ3n) is 2.96. The highest BCUT2D eigenvalue weighted by Gasteiger charge is 2.27. The Hall–Kier alpha value is -2.36. The van der Waals surface area contributed by atoms with E-state index >= 15 is 0 Å². The van der Waals surface area contributed by atoms with E-state index in [0.29, 0.717) is 0 Å². The highest BCUT2D eigenvalue weighted by Crippen LogP contribution is 2.26. The predicted molar refractivity (Wildman–Crippen MR) is 85.4 cm³/mol. The minimum absolute atomic E-state index is 0.227. The number of hydrogen-bond donors (Lipinski definition) is 1. The standard InChI is InChI=1S/C15H14F4N4OS/c1-2-7-23-13(10-5-3-4-6-11(10)16)21-22-14(23)25-8-12(24)20-9-15(17,18)19/h2-6H,1,7-9H2,(H,20,24). The Balaban J connectivity index is 2.13. The largest absolute Gasteiger partial charge is 0.405 e. The zero-order valence-electron chi connectivity index (χ0n) is 12.9. The Labute approximate surface area is 145 Å². The molecule has 1 N–H and O–H groups in total. The fourth-order valence-corrected chi connectivity index (χ4v) is 2.69. The van der Waals surface area contributed by atoms with Crippen molar-refractivity contribution in [1.82, 2.24) is 20.1 Å². The molecule has 1 amide bonds. The molecule has 5 nitrogen and oxygen atoms in total. The molecule has 0 unspecified atom stereocenters. The van der Waals surface area contributed by atoms with E-state index in [1.807, 2.05) is 0 Å². The molecule has 134 valence electrons. The lowest BCUT2D eigenvalue weighted by molar-refractivity contribution is -0.136. The zero-order valence-corrected chi connectivity index (χ0v) is 13.7. The summed E-state index contributed by atoms with van der Waals surface area (Å²) in [6.07, 6.45) is -2.93. The first kappa shape index (κ1) is 19.0. The highest BCUT2D eigenvalue weighted by molar-refractivity contribution is 7.99. The van der Waals surface area contributed by atoms with Crippen molar-refractivity contribution in [1.29, 1.82) is 0 Å². The number of alkyl halides is 3. The van der Waals surface area contributed by atoms with Gasteiger partial charge in [-0.15, -0.1) is 16.8 Å². The van der Waals surface area contributed by atoms with Crippen molar-refractivity contribution in [3.8, 4) is 11.4 Å². The molecular weight excluding hydrogens is 360 g/mol. The monoisotopic (exact) mass is 374 g/mol. The van der Waals surface area contributed by atoms with Crippen LogP contribution in [0.4, 0.5) is 17.6 Å². The number of allylic oxidation sites excluding steroid dienone is 1. The maximum absolute atomic E-state index is 13.9. The molecule has 0 bridgehead atoms. The molecule has 0 aliphatic rings. The van der Waals surface area contributed by atoms with Crippen LogP contribution in [-0.2, 0) is 11.3 Å². The van der Waals surface area contributed by atoms with Gasteiger partial charge in [0.05, 0.1) is 11.3 Å². The fraction of sp³-hybridized carbons (Fsp3) is 0.267. The molecule has 1 aromatic carbocycles. The average molecular weight is 374 g/mol. The maximum atomic E-state index is 13.9. The van der Waals surface area contributed by atoms with Crippen molar-refractivity contribution in [2.75, 3.05) is 12.3 Å². The van der Waals surface area contributed by atoms with Gasteiger partial charge in [-0.05, 0) is 12.1 Å². The van der Waals surface area contributed by atoms with Crippen LogP contribution in [0.5, 0.6) is 0 Å². The van der Waals surface area contributed by atoms with Crippen molar-refractivity contribution in [2.24, 2.45) is 0 Å². The number of halogens is 4. The highest BCUT2D eigenvalue weighted by atomic mass is 32.2. The summed E-state index contributed by atoms with van der Waals surface area (Å²) in [5.41, 5.74) is 0.227. The van der Waals surface area contributed by atoms with Crippen LogP contribution in [0.2, 0.25) is 0 Å². The smallest absolute Gasteiger partial charge is 0.346 e. The SMILES string of the molecule is C=CCn1c(SCC(=O)NCC(F)(F)F)nnc1-c1ccccc1F. The molecule has 0 aliphatic carbocycles. The van der Waals surface area contributed by atoms with Crippen molar-refractivity contribution in [3.05, 3.63) is 42.7 Å². The lowest BCUT2D eigenvalue weighted by Crippen LogP contribution is -2.34. The summed E-state index contributed by atoms with van der Waals surface area (Å²) in [5, 5.41) is 9.86. The number of nitrogens with one attached hydrogen (secondary N) is 1. The number of rotatable bonds is 7. The number of carbonyl (C=O) groups is 1. The van der Waals surface area contributed by atoms with E-state index in [-0.39, 0.29) is 28.8 Å². The number of amides is 1. The minimum Gasteiger partial charge on any atom is -0.346 e. The van der Waals surface area contributed by atoms with E-state index < -0.39 is 24.4 Å². The van der Waals surface area contributed by atoms with Crippen molar-refractivity contribution in [3.63, 3.8) is 0 Å². The molecule has 2 rings (SSSR count). The second-order valence-corrected chi connectivity index (χ2v) is 5.81. The molecule has 1 heterocycles. The number of thioether (sulfide) groups is 1. The van der Waals surface area contributed by atoms with Crippen LogP contribution in [0.3, 0.4) is 0 Å². The molecule has 0 atom stereocenters. The van der Waals surface area contributed by atoms with Crippen LogP contribution in [-0.4, -0.2) is 39.1 Å². The second-order valence-electron chi connectivity index (χ2n) is 4.87. The summed E-state index contributed by atoms with van der Waals surface area (Å²) in [6.45, 7) is 2.46. The Kier molecular flexibility index (Phi) is 6.18. The topological polar surface area (TPSA) is 59.8 Å². The van der Waals surface area contributed by atoms with Crippen LogP contribution < -0.4 is 5.32 Å². The molecule has 0 aliphatic heterocycles. The lowest BCUT2D eigenvalue weighted by atomic mass is 10.2.